The van der Waals surface area contributed by atoms with Gasteiger partial charge in [-0.05, 0) is 18.8 Å². The van der Waals surface area contributed by atoms with E-state index in [9.17, 15) is 0 Å². The van der Waals surface area contributed by atoms with Crippen molar-refractivity contribution in [1.29, 1.82) is 0 Å². The van der Waals surface area contributed by atoms with Gasteiger partial charge in [-0.3, -0.25) is 0 Å². The molecule has 0 aromatic heterocycles. The summed E-state index contributed by atoms with van der Waals surface area (Å²) in [5.41, 5.74) is 0. The molecule has 1 saturated carbocycles. The van der Waals surface area contributed by atoms with Crippen molar-refractivity contribution in [3.63, 3.8) is 0 Å². The Bertz CT molecular complexity index is 372. The molecule has 0 bridgehead atoms. The van der Waals surface area contributed by atoms with Crippen LogP contribution in [0.3, 0.4) is 0 Å². The van der Waals surface area contributed by atoms with Crippen molar-refractivity contribution in [2.75, 3.05) is 0 Å². The summed E-state index contributed by atoms with van der Waals surface area (Å²) in [6, 6.07) is 11.0. The molecule has 1 aliphatic carbocycles. The van der Waals surface area contributed by atoms with Crippen molar-refractivity contribution in [2.24, 2.45) is 5.92 Å². The quantitative estimate of drug-likeness (QED) is 0.696. The molecule has 0 atom stereocenters. The Morgan fingerprint density at radius 1 is 1.06 bits per heavy atom. The minimum Gasteiger partial charge on any atom is -0.103 e. The number of rotatable bonds is 3. The van der Waals surface area contributed by atoms with Crippen LogP contribution in [0.4, 0.5) is 0 Å². The molecular formula is C16H24Si. The Balaban J connectivity index is 2.17. The predicted octanol–water partition coefficient (Wildman–Crippen LogP) is 4.28. The highest BCUT2D eigenvalue weighted by Crippen LogP contribution is 2.33. The van der Waals surface area contributed by atoms with E-state index in [2.05, 4.69) is 50.0 Å². The molecule has 92 valence electrons. The van der Waals surface area contributed by atoms with Gasteiger partial charge in [-0.25, -0.2) is 0 Å². The molecule has 0 saturated heterocycles. The molecule has 0 amide bonds. The van der Waals surface area contributed by atoms with E-state index < -0.39 is 8.07 Å². The second-order valence-electron chi connectivity index (χ2n) is 5.85. The molecule has 0 radical (unpaired) electrons. The van der Waals surface area contributed by atoms with E-state index in [0.717, 1.165) is 5.92 Å². The van der Waals surface area contributed by atoms with Crippen LogP contribution in [0.1, 0.15) is 32.1 Å². The average molecular weight is 244 g/mol. The van der Waals surface area contributed by atoms with Crippen LogP contribution in [-0.2, 0) is 0 Å². The maximum Gasteiger partial charge on any atom is 0.107 e. The molecular weight excluding hydrogens is 220 g/mol. The van der Waals surface area contributed by atoms with E-state index in [1.54, 1.807) is 5.20 Å². The van der Waals surface area contributed by atoms with Gasteiger partial charge in [-0.15, -0.1) is 6.58 Å². The van der Waals surface area contributed by atoms with Gasteiger partial charge in [0.1, 0.15) is 8.07 Å². The van der Waals surface area contributed by atoms with E-state index in [-0.39, 0.29) is 0 Å². The molecule has 1 aromatic rings. The van der Waals surface area contributed by atoms with Crippen LogP contribution in [0.2, 0.25) is 13.1 Å². The lowest BCUT2D eigenvalue weighted by Gasteiger charge is -2.34. The monoisotopic (exact) mass is 244 g/mol. The molecule has 17 heavy (non-hydrogen) atoms. The zero-order chi connectivity index (χ0) is 12.3. The fraction of sp³-hybridized carbons (Fsp3) is 0.500. The summed E-state index contributed by atoms with van der Waals surface area (Å²) in [4.78, 5) is 0. The Morgan fingerprint density at radius 3 is 2.24 bits per heavy atom. The second kappa shape index (κ2) is 5.22. The fourth-order valence-corrected chi connectivity index (χ4v) is 5.71. The third-order valence-electron chi connectivity index (χ3n) is 4.40. The first-order valence-electron chi connectivity index (χ1n) is 6.87. The van der Waals surface area contributed by atoms with Crippen LogP contribution in [0, 0.1) is 5.92 Å². The van der Waals surface area contributed by atoms with Crippen LogP contribution >= 0.6 is 0 Å². The van der Waals surface area contributed by atoms with Gasteiger partial charge in [-0.1, -0.05) is 73.1 Å². The van der Waals surface area contributed by atoms with Crippen molar-refractivity contribution in [2.45, 2.75) is 45.2 Å². The highest BCUT2D eigenvalue weighted by molar-refractivity contribution is 6.95. The summed E-state index contributed by atoms with van der Waals surface area (Å²) >= 11 is 0. The molecule has 1 aliphatic rings. The highest BCUT2D eigenvalue weighted by atomic mass is 28.3. The zero-order valence-electron chi connectivity index (χ0n) is 11.2. The molecule has 0 spiro atoms. The van der Waals surface area contributed by atoms with Gasteiger partial charge in [0.2, 0.25) is 0 Å². The highest BCUT2D eigenvalue weighted by Gasteiger charge is 2.31. The van der Waals surface area contributed by atoms with Gasteiger partial charge in [0.25, 0.3) is 0 Å². The fourth-order valence-electron chi connectivity index (χ4n) is 3.00. The van der Waals surface area contributed by atoms with Gasteiger partial charge in [0, 0.05) is 0 Å². The first-order valence-corrected chi connectivity index (χ1v) is 9.87. The van der Waals surface area contributed by atoms with Gasteiger partial charge in [-0.2, -0.15) is 0 Å². The van der Waals surface area contributed by atoms with Crippen molar-refractivity contribution in [3.05, 3.63) is 42.1 Å². The topological polar surface area (TPSA) is 0 Å². The zero-order valence-corrected chi connectivity index (χ0v) is 12.2. The normalized spacial score (nSPS) is 18.0. The standard InChI is InChI=1S/C16H24Si/c1-14(15-10-6-4-7-11-15)17(2,3)16-12-8-5-9-13-16/h5,8-9,12-13,15H,1,4,6-7,10-11H2,2-3H3. The lowest BCUT2D eigenvalue weighted by molar-refractivity contribution is 0.412. The van der Waals surface area contributed by atoms with Crippen molar-refractivity contribution < 1.29 is 0 Å². The van der Waals surface area contributed by atoms with Crippen molar-refractivity contribution in [3.8, 4) is 0 Å². The number of hydrogen-bond donors (Lipinski definition) is 0. The average Bonchev–Trinajstić information content (AvgIpc) is 2.40. The number of benzene rings is 1. The second-order valence-corrected chi connectivity index (χ2v) is 10.3. The molecule has 0 heterocycles. The van der Waals surface area contributed by atoms with Crippen LogP contribution < -0.4 is 5.19 Å². The minimum atomic E-state index is -1.46. The maximum absolute atomic E-state index is 4.49. The predicted molar refractivity (Wildman–Crippen MR) is 79.3 cm³/mol. The first kappa shape index (κ1) is 12.6. The lowest BCUT2D eigenvalue weighted by atomic mass is 9.89. The largest absolute Gasteiger partial charge is 0.107 e. The Labute approximate surface area is 107 Å². The summed E-state index contributed by atoms with van der Waals surface area (Å²) in [5, 5.41) is 3.11. The molecule has 0 unspecified atom stereocenters. The summed E-state index contributed by atoms with van der Waals surface area (Å²) in [7, 11) is -1.46. The van der Waals surface area contributed by atoms with E-state index in [1.165, 1.54) is 37.3 Å². The van der Waals surface area contributed by atoms with Gasteiger partial charge in [0.15, 0.2) is 0 Å². The SMILES string of the molecule is C=C(C1CCCCC1)[Si](C)(C)c1ccccc1. The molecule has 2 rings (SSSR count). The first-order chi connectivity index (χ1) is 8.12. The molecule has 1 heteroatoms. The molecule has 1 aromatic carbocycles. The molecule has 0 nitrogen and oxygen atoms in total. The van der Waals surface area contributed by atoms with E-state index >= 15 is 0 Å². The summed E-state index contributed by atoms with van der Waals surface area (Å²) in [6.07, 6.45) is 6.99. The molecule has 1 fully saturated rings. The van der Waals surface area contributed by atoms with E-state index in [0.29, 0.717) is 0 Å². The smallest absolute Gasteiger partial charge is 0.103 e. The number of allylic oxidation sites excluding steroid dienone is 1. The van der Waals surface area contributed by atoms with E-state index in [4.69, 9.17) is 0 Å². The van der Waals surface area contributed by atoms with Crippen LogP contribution in [-0.4, -0.2) is 8.07 Å². The number of hydrogen-bond acceptors (Lipinski definition) is 0. The molecule has 0 aliphatic heterocycles. The Kier molecular flexibility index (Phi) is 3.88. The van der Waals surface area contributed by atoms with Gasteiger partial charge in [0.05, 0.1) is 0 Å². The summed E-state index contributed by atoms with van der Waals surface area (Å²) < 4.78 is 0. The van der Waals surface area contributed by atoms with E-state index in [1.807, 2.05) is 0 Å². The summed E-state index contributed by atoms with van der Waals surface area (Å²) in [5.74, 6) is 0.797. The van der Waals surface area contributed by atoms with Crippen molar-refractivity contribution >= 4 is 13.3 Å². The third kappa shape index (κ3) is 2.71. The van der Waals surface area contributed by atoms with Crippen LogP contribution in [0.15, 0.2) is 42.1 Å². The van der Waals surface area contributed by atoms with Gasteiger partial charge >= 0.3 is 0 Å². The van der Waals surface area contributed by atoms with Gasteiger partial charge < -0.3 is 0 Å². The Morgan fingerprint density at radius 2 is 1.65 bits per heavy atom. The maximum atomic E-state index is 4.49. The van der Waals surface area contributed by atoms with Crippen LogP contribution in [0.25, 0.3) is 0 Å². The minimum absolute atomic E-state index is 0.797. The van der Waals surface area contributed by atoms with Crippen LogP contribution in [0.5, 0.6) is 0 Å². The van der Waals surface area contributed by atoms with Crippen molar-refractivity contribution in [1.82, 2.24) is 0 Å². The molecule has 0 N–H and O–H groups in total. The third-order valence-corrected chi connectivity index (χ3v) is 8.19. The Hall–Kier alpha value is -0.823. The summed E-state index contributed by atoms with van der Waals surface area (Å²) in [6.45, 7) is 9.40. The lowest BCUT2D eigenvalue weighted by Crippen LogP contribution is -2.45.